The van der Waals surface area contributed by atoms with E-state index in [1.165, 1.54) is 7.11 Å². The van der Waals surface area contributed by atoms with Gasteiger partial charge in [0.25, 0.3) is 5.91 Å². The zero-order valence-electron chi connectivity index (χ0n) is 19.6. The molecule has 0 unspecified atom stereocenters. The van der Waals surface area contributed by atoms with Gasteiger partial charge >= 0.3 is 5.97 Å². The number of aromatic nitrogens is 1. The van der Waals surface area contributed by atoms with Gasteiger partial charge in [-0.15, -0.1) is 0 Å². The smallest absolute Gasteiger partial charge is 0.309 e. The van der Waals surface area contributed by atoms with Crippen LogP contribution in [0.1, 0.15) is 15.9 Å². The summed E-state index contributed by atoms with van der Waals surface area (Å²) in [5, 5.41) is 8.18. The number of methoxy groups -OCH3 is 1. The molecule has 1 amide bonds. The van der Waals surface area contributed by atoms with Crippen LogP contribution in [-0.2, 0) is 16.0 Å². The predicted molar refractivity (Wildman–Crippen MR) is 142 cm³/mol. The van der Waals surface area contributed by atoms with Gasteiger partial charge in [-0.3, -0.25) is 9.59 Å². The molecule has 37 heavy (non-hydrogen) atoms. The fourth-order valence-corrected chi connectivity index (χ4v) is 4.33. The molecule has 7 nitrogen and oxygen atoms in total. The predicted octanol–water partition coefficient (Wildman–Crippen LogP) is 6.49. The van der Waals surface area contributed by atoms with Gasteiger partial charge in [-0.25, -0.2) is 0 Å². The van der Waals surface area contributed by atoms with E-state index in [1.54, 1.807) is 36.4 Å². The van der Waals surface area contributed by atoms with Crippen LogP contribution >= 0.6 is 34.8 Å². The second-order valence-electron chi connectivity index (χ2n) is 7.85. The summed E-state index contributed by atoms with van der Waals surface area (Å²) in [7, 11) is 1.32. The summed E-state index contributed by atoms with van der Waals surface area (Å²) in [6.07, 6.45) is 0.0626. The van der Waals surface area contributed by atoms with Crippen LogP contribution in [0.15, 0.2) is 71.3 Å². The molecule has 0 fully saturated rings. The van der Waals surface area contributed by atoms with Gasteiger partial charge in [0.1, 0.15) is 23.6 Å². The number of nitrogens with one attached hydrogen (secondary N) is 1. The number of ether oxygens (including phenoxy) is 2. The molecule has 10 heteroatoms. The van der Waals surface area contributed by atoms with Crippen molar-refractivity contribution in [3.63, 3.8) is 0 Å². The SMILES string of the molecule is COC(=O)Cc1ccc(-c2onc(-c3ccccc3)c2C(=O)NCCOc2ccc(Cl)cc2Cl)c(Cl)c1. The number of carbonyl (C=O) groups excluding carboxylic acids is 2. The third-order valence-corrected chi connectivity index (χ3v) is 6.20. The molecule has 1 aromatic heterocycles. The lowest BCUT2D eigenvalue weighted by Gasteiger charge is -2.10. The summed E-state index contributed by atoms with van der Waals surface area (Å²) < 4.78 is 16.0. The molecule has 0 aliphatic rings. The van der Waals surface area contributed by atoms with Gasteiger partial charge in [0.2, 0.25) is 0 Å². The number of carbonyl (C=O) groups is 2. The van der Waals surface area contributed by atoms with Crippen molar-refractivity contribution in [2.24, 2.45) is 0 Å². The van der Waals surface area contributed by atoms with Gasteiger partial charge in [0.15, 0.2) is 5.76 Å². The molecule has 1 N–H and O–H groups in total. The number of halogens is 3. The Morgan fingerprint density at radius 3 is 2.46 bits per heavy atom. The molecule has 0 bridgehead atoms. The molecule has 0 atom stereocenters. The number of hydrogen-bond donors (Lipinski definition) is 1. The van der Waals surface area contributed by atoms with E-state index in [0.29, 0.717) is 43.2 Å². The average Bonchev–Trinajstić information content (AvgIpc) is 3.33. The Bertz CT molecular complexity index is 1420. The van der Waals surface area contributed by atoms with Gasteiger partial charge in [0, 0.05) is 16.1 Å². The fourth-order valence-electron chi connectivity index (χ4n) is 3.58. The zero-order valence-corrected chi connectivity index (χ0v) is 21.9. The maximum Gasteiger partial charge on any atom is 0.309 e. The minimum absolute atomic E-state index is 0.0626. The van der Waals surface area contributed by atoms with Crippen molar-refractivity contribution in [2.75, 3.05) is 20.3 Å². The maximum atomic E-state index is 13.4. The third kappa shape index (κ3) is 6.43. The minimum atomic E-state index is -0.421. The van der Waals surface area contributed by atoms with Gasteiger partial charge in [-0.2, -0.15) is 0 Å². The largest absolute Gasteiger partial charge is 0.490 e. The molecule has 190 valence electrons. The van der Waals surface area contributed by atoms with Crippen LogP contribution in [0.4, 0.5) is 0 Å². The number of nitrogens with zero attached hydrogens (tertiary/aromatic N) is 1. The molecule has 3 aromatic carbocycles. The molecule has 1 heterocycles. The van der Waals surface area contributed by atoms with Crippen LogP contribution in [0.2, 0.25) is 15.1 Å². The highest BCUT2D eigenvalue weighted by atomic mass is 35.5. The van der Waals surface area contributed by atoms with Gasteiger partial charge in [0.05, 0.1) is 30.1 Å². The van der Waals surface area contributed by atoms with Crippen molar-refractivity contribution in [1.29, 1.82) is 0 Å². The van der Waals surface area contributed by atoms with Crippen molar-refractivity contribution in [2.45, 2.75) is 6.42 Å². The van der Waals surface area contributed by atoms with E-state index < -0.39 is 11.9 Å². The number of hydrogen-bond acceptors (Lipinski definition) is 6. The summed E-state index contributed by atoms with van der Waals surface area (Å²) in [4.78, 5) is 25.0. The van der Waals surface area contributed by atoms with E-state index in [1.807, 2.05) is 30.3 Å². The number of amides is 1. The van der Waals surface area contributed by atoms with E-state index >= 15 is 0 Å². The van der Waals surface area contributed by atoms with Crippen molar-refractivity contribution >= 4 is 46.7 Å². The van der Waals surface area contributed by atoms with E-state index in [-0.39, 0.29) is 30.9 Å². The van der Waals surface area contributed by atoms with Crippen molar-refractivity contribution in [1.82, 2.24) is 10.5 Å². The standard InChI is InChI=1S/C27H21Cl3N2O5/c1-35-23(33)14-16-7-9-19(20(29)13-16)26-24(25(32-37-26)17-5-3-2-4-6-17)27(34)31-11-12-36-22-10-8-18(28)15-21(22)30/h2-10,13,15H,11-12,14H2,1H3,(H,31,34). The first kappa shape index (κ1) is 26.5. The Hall–Kier alpha value is -3.52. The number of esters is 1. The molecule has 4 rings (SSSR count). The first-order valence-corrected chi connectivity index (χ1v) is 12.3. The second-order valence-corrected chi connectivity index (χ2v) is 9.10. The van der Waals surface area contributed by atoms with Crippen molar-refractivity contribution < 1.29 is 23.6 Å². The van der Waals surface area contributed by atoms with Crippen molar-refractivity contribution in [3.05, 3.63) is 92.9 Å². The Morgan fingerprint density at radius 1 is 0.973 bits per heavy atom. The molecular formula is C27H21Cl3N2O5. The molecule has 0 radical (unpaired) electrons. The van der Waals surface area contributed by atoms with E-state index in [4.69, 9.17) is 48.8 Å². The highest BCUT2D eigenvalue weighted by molar-refractivity contribution is 6.35. The summed E-state index contributed by atoms with van der Waals surface area (Å²) >= 11 is 18.6. The maximum absolute atomic E-state index is 13.4. The Kier molecular flexibility index (Phi) is 8.71. The van der Waals surface area contributed by atoms with E-state index in [9.17, 15) is 9.59 Å². The molecule has 0 aliphatic carbocycles. The third-order valence-electron chi connectivity index (χ3n) is 5.36. The Balaban J connectivity index is 1.58. The molecule has 4 aromatic rings. The van der Waals surface area contributed by atoms with Crippen molar-refractivity contribution in [3.8, 4) is 28.3 Å². The number of benzene rings is 3. The average molecular weight is 560 g/mol. The van der Waals surface area contributed by atoms with Crippen LogP contribution in [0.3, 0.4) is 0 Å². The quantitative estimate of drug-likeness (QED) is 0.186. The van der Waals surface area contributed by atoms with Crippen LogP contribution in [-0.4, -0.2) is 37.3 Å². The first-order chi connectivity index (χ1) is 17.9. The molecular weight excluding hydrogens is 539 g/mol. The van der Waals surface area contributed by atoms with Gasteiger partial charge in [-0.05, 0) is 35.9 Å². The number of rotatable bonds is 9. The van der Waals surface area contributed by atoms with Gasteiger partial charge in [-0.1, -0.05) is 76.4 Å². The minimum Gasteiger partial charge on any atom is -0.490 e. The summed E-state index contributed by atoms with van der Waals surface area (Å²) in [6, 6.07) is 19.1. The molecule has 0 saturated carbocycles. The van der Waals surface area contributed by atoms with Crippen LogP contribution in [0.5, 0.6) is 5.75 Å². The van der Waals surface area contributed by atoms with E-state index in [2.05, 4.69) is 10.5 Å². The second kappa shape index (κ2) is 12.1. The lowest BCUT2D eigenvalue weighted by Crippen LogP contribution is -2.28. The molecule has 0 spiro atoms. The highest BCUT2D eigenvalue weighted by Crippen LogP contribution is 2.36. The Labute approximate surface area is 228 Å². The summed E-state index contributed by atoms with van der Waals surface area (Å²) in [5.74, 6) is -0.157. The zero-order chi connectivity index (χ0) is 26.4. The Morgan fingerprint density at radius 2 is 1.76 bits per heavy atom. The topological polar surface area (TPSA) is 90.7 Å². The monoisotopic (exact) mass is 558 g/mol. The van der Waals surface area contributed by atoms with Crippen LogP contribution in [0.25, 0.3) is 22.6 Å². The summed E-state index contributed by atoms with van der Waals surface area (Å²) in [5.41, 5.74) is 2.40. The normalized spacial score (nSPS) is 10.7. The molecule has 0 aliphatic heterocycles. The lowest BCUT2D eigenvalue weighted by atomic mass is 10.0. The lowest BCUT2D eigenvalue weighted by molar-refractivity contribution is -0.139. The van der Waals surface area contributed by atoms with Crippen LogP contribution < -0.4 is 10.1 Å². The van der Waals surface area contributed by atoms with Gasteiger partial charge < -0.3 is 19.3 Å². The highest BCUT2D eigenvalue weighted by Gasteiger charge is 2.26. The van der Waals surface area contributed by atoms with E-state index in [0.717, 1.165) is 0 Å². The summed E-state index contributed by atoms with van der Waals surface area (Å²) in [6.45, 7) is 0.347. The fraction of sp³-hybridized carbons (Fsp3) is 0.148. The molecule has 0 saturated heterocycles. The van der Waals surface area contributed by atoms with Crippen LogP contribution in [0, 0.1) is 0 Å². The first-order valence-electron chi connectivity index (χ1n) is 11.1.